The molecule has 0 saturated carbocycles. The number of anilines is 1. The highest BCUT2D eigenvalue weighted by Gasteiger charge is 2.05. The van der Waals surface area contributed by atoms with E-state index in [1.807, 2.05) is 30.4 Å². The molecule has 108 valence electrons. The Hall–Kier alpha value is -1.87. The molecule has 1 amide bonds. The summed E-state index contributed by atoms with van der Waals surface area (Å²) in [6, 6.07) is 7.92. The van der Waals surface area contributed by atoms with Crippen LogP contribution in [0.4, 0.5) is 5.69 Å². The van der Waals surface area contributed by atoms with Crippen molar-refractivity contribution in [2.75, 3.05) is 19.0 Å². The SMILES string of the molecule is C=C(/C=C\COC)CC(=O)Nc1cccc(C(C)C)c1. The summed E-state index contributed by atoms with van der Waals surface area (Å²) in [7, 11) is 1.63. The van der Waals surface area contributed by atoms with E-state index >= 15 is 0 Å². The smallest absolute Gasteiger partial charge is 0.228 e. The summed E-state index contributed by atoms with van der Waals surface area (Å²) in [5.41, 5.74) is 2.80. The maximum Gasteiger partial charge on any atom is 0.228 e. The van der Waals surface area contributed by atoms with E-state index in [9.17, 15) is 4.79 Å². The summed E-state index contributed by atoms with van der Waals surface area (Å²) in [6.07, 6.45) is 3.94. The molecule has 0 atom stereocenters. The van der Waals surface area contributed by atoms with Crippen molar-refractivity contribution in [1.82, 2.24) is 0 Å². The molecule has 1 aromatic rings. The maximum atomic E-state index is 11.9. The van der Waals surface area contributed by atoms with Crippen molar-refractivity contribution in [3.8, 4) is 0 Å². The van der Waals surface area contributed by atoms with E-state index in [2.05, 4.69) is 31.8 Å². The van der Waals surface area contributed by atoms with Gasteiger partial charge in [0, 0.05) is 12.8 Å². The molecule has 0 radical (unpaired) electrons. The molecule has 1 N–H and O–H groups in total. The number of benzene rings is 1. The number of rotatable bonds is 7. The first-order chi connectivity index (χ1) is 9.52. The minimum Gasteiger partial charge on any atom is -0.381 e. The molecule has 0 fully saturated rings. The van der Waals surface area contributed by atoms with E-state index in [0.29, 0.717) is 12.5 Å². The number of carbonyl (C=O) groups is 1. The Morgan fingerprint density at radius 2 is 2.20 bits per heavy atom. The lowest BCUT2D eigenvalue weighted by Crippen LogP contribution is -2.11. The Balaban J connectivity index is 2.54. The molecule has 3 nitrogen and oxygen atoms in total. The largest absolute Gasteiger partial charge is 0.381 e. The van der Waals surface area contributed by atoms with Crippen molar-refractivity contribution < 1.29 is 9.53 Å². The number of hydrogen-bond donors (Lipinski definition) is 1. The number of amides is 1. The van der Waals surface area contributed by atoms with Crippen LogP contribution in [0.1, 0.15) is 31.7 Å². The van der Waals surface area contributed by atoms with Crippen molar-refractivity contribution in [2.45, 2.75) is 26.2 Å². The zero-order valence-electron chi connectivity index (χ0n) is 12.5. The molecule has 0 unspecified atom stereocenters. The van der Waals surface area contributed by atoms with Crippen LogP contribution in [0, 0.1) is 0 Å². The number of hydrogen-bond acceptors (Lipinski definition) is 2. The lowest BCUT2D eigenvalue weighted by Gasteiger charge is -2.09. The molecule has 0 saturated heterocycles. The van der Waals surface area contributed by atoms with Gasteiger partial charge in [-0.15, -0.1) is 0 Å². The summed E-state index contributed by atoms with van der Waals surface area (Å²) >= 11 is 0. The topological polar surface area (TPSA) is 38.3 Å². The Morgan fingerprint density at radius 3 is 2.85 bits per heavy atom. The van der Waals surface area contributed by atoms with Crippen molar-refractivity contribution in [3.05, 3.63) is 54.1 Å². The van der Waals surface area contributed by atoms with Gasteiger partial charge in [-0.1, -0.05) is 44.7 Å². The normalized spacial score (nSPS) is 11.0. The third-order valence-electron chi connectivity index (χ3n) is 2.84. The van der Waals surface area contributed by atoms with Gasteiger partial charge in [-0.2, -0.15) is 0 Å². The molecular weight excluding hydrogens is 250 g/mol. The van der Waals surface area contributed by atoms with E-state index in [1.54, 1.807) is 7.11 Å². The summed E-state index contributed by atoms with van der Waals surface area (Å²) in [5, 5.41) is 2.89. The number of methoxy groups -OCH3 is 1. The van der Waals surface area contributed by atoms with Crippen molar-refractivity contribution >= 4 is 11.6 Å². The molecule has 0 heterocycles. The van der Waals surface area contributed by atoms with E-state index in [1.165, 1.54) is 5.56 Å². The Bertz CT molecular complexity index is 490. The van der Waals surface area contributed by atoms with Crippen LogP contribution in [0.2, 0.25) is 0 Å². The fourth-order valence-corrected chi connectivity index (χ4v) is 1.76. The van der Waals surface area contributed by atoms with Crippen LogP contribution in [0.25, 0.3) is 0 Å². The zero-order valence-corrected chi connectivity index (χ0v) is 12.5. The van der Waals surface area contributed by atoms with Crippen molar-refractivity contribution in [3.63, 3.8) is 0 Å². The second kappa shape index (κ2) is 8.33. The fraction of sp³-hybridized carbons (Fsp3) is 0.353. The van der Waals surface area contributed by atoms with Crippen molar-refractivity contribution in [2.24, 2.45) is 0 Å². The van der Waals surface area contributed by atoms with Gasteiger partial charge in [-0.25, -0.2) is 0 Å². The second-order valence-corrected chi connectivity index (χ2v) is 5.02. The second-order valence-electron chi connectivity index (χ2n) is 5.02. The first-order valence-corrected chi connectivity index (χ1v) is 6.76. The Morgan fingerprint density at radius 1 is 1.45 bits per heavy atom. The van der Waals surface area contributed by atoms with Gasteiger partial charge >= 0.3 is 0 Å². The average molecular weight is 273 g/mol. The highest BCUT2D eigenvalue weighted by Crippen LogP contribution is 2.18. The van der Waals surface area contributed by atoms with E-state index in [-0.39, 0.29) is 12.3 Å². The monoisotopic (exact) mass is 273 g/mol. The molecule has 20 heavy (non-hydrogen) atoms. The van der Waals surface area contributed by atoms with Gasteiger partial charge in [0.2, 0.25) is 5.91 Å². The summed E-state index contributed by atoms with van der Waals surface area (Å²) in [4.78, 5) is 11.9. The van der Waals surface area contributed by atoms with E-state index in [0.717, 1.165) is 11.3 Å². The number of nitrogens with one attached hydrogen (secondary N) is 1. The third kappa shape index (κ3) is 5.85. The fourth-order valence-electron chi connectivity index (χ4n) is 1.76. The molecule has 1 aromatic carbocycles. The van der Waals surface area contributed by atoms with E-state index in [4.69, 9.17) is 4.74 Å². The molecule has 0 spiro atoms. The van der Waals surface area contributed by atoms with Crippen molar-refractivity contribution in [1.29, 1.82) is 0 Å². The standard InChI is InChI=1S/C17H23NO2/c1-13(2)15-8-5-9-16(12-15)18-17(19)11-14(3)7-6-10-20-4/h5-9,12-13H,3,10-11H2,1-2,4H3,(H,18,19)/b7-6-. The summed E-state index contributed by atoms with van der Waals surface area (Å²) in [6.45, 7) is 8.63. The molecular formula is C17H23NO2. The molecule has 0 aliphatic heterocycles. The predicted octanol–water partition coefficient (Wildman–Crippen LogP) is 3.90. The van der Waals surface area contributed by atoms with Gasteiger partial charge in [0.25, 0.3) is 0 Å². The van der Waals surface area contributed by atoms with Gasteiger partial charge in [0.15, 0.2) is 0 Å². The summed E-state index contributed by atoms with van der Waals surface area (Å²) in [5.74, 6) is 0.386. The van der Waals surface area contributed by atoms with E-state index < -0.39 is 0 Å². The molecule has 0 aliphatic rings. The average Bonchev–Trinajstić information content (AvgIpc) is 2.39. The lowest BCUT2D eigenvalue weighted by atomic mass is 10.0. The van der Waals surface area contributed by atoms with Crippen LogP contribution in [0.15, 0.2) is 48.6 Å². The van der Waals surface area contributed by atoms with Gasteiger partial charge in [-0.3, -0.25) is 4.79 Å². The Kier molecular flexibility index (Phi) is 6.74. The van der Waals surface area contributed by atoms with Crippen LogP contribution in [-0.2, 0) is 9.53 Å². The van der Waals surface area contributed by atoms with Crippen LogP contribution in [0.3, 0.4) is 0 Å². The van der Waals surface area contributed by atoms with Crippen LogP contribution >= 0.6 is 0 Å². The predicted molar refractivity (Wildman–Crippen MR) is 83.9 cm³/mol. The van der Waals surface area contributed by atoms with Gasteiger partial charge in [-0.05, 0) is 29.2 Å². The maximum absolute atomic E-state index is 11.9. The molecule has 3 heteroatoms. The lowest BCUT2D eigenvalue weighted by molar-refractivity contribution is -0.115. The minimum absolute atomic E-state index is 0.0574. The minimum atomic E-state index is -0.0574. The molecule has 0 aromatic heterocycles. The number of carbonyl (C=O) groups excluding carboxylic acids is 1. The van der Waals surface area contributed by atoms with Crippen LogP contribution in [0.5, 0.6) is 0 Å². The summed E-state index contributed by atoms with van der Waals surface area (Å²) < 4.78 is 4.90. The first-order valence-electron chi connectivity index (χ1n) is 6.76. The van der Waals surface area contributed by atoms with Gasteiger partial charge in [0.05, 0.1) is 13.0 Å². The van der Waals surface area contributed by atoms with Gasteiger partial charge in [0.1, 0.15) is 0 Å². The van der Waals surface area contributed by atoms with Crippen LogP contribution in [-0.4, -0.2) is 19.6 Å². The quantitative estimate of drug-likeness (QED) is 0.765. The first kappa shape index (κ1) is 16.2. The molecule has 0 bridgehead atoms. The molecule has 1 rings (SSSR count). The third-order valence-corrected chi connectivity index (χ3v) is 2.84. The van der Waals surface area contributed by atoms with Crippen LogP contribution < -0.4 is 5.32 Å². The van der Waals surface area contributed by atoms with Gasteiger partial charge < -0.3 is 10.1 Å². The number of allylic oxidation sites excluding steroid dienone is 1. The number of ether oxygens (including phenoxy) is 1. The highest BCUT2D eigenvalue weighted by molar-refractivity contribution is 5.92. The highest BCUT2D eigenvalue weighted by atomic mass is 16.5. The zero-order chi connectivity index (χ0) is 15.0. The molecule has 0 aliphatic carbocycles. The Labute approximate surface area is 121 Å².